The third-order valence-electron chi connectivity index (χ3n) is 4.96. The van der Waals surface area contributed by atoms with E-state index >= 15 is 0 Å². The van der Waals surface area contributed by atoms with Crippen LogP contribution >= 0.6 is 11.3 Å². The van der Waals surface area contributed by atoms with Crippen molar-refractivity contribution >= 4 is 27.3 Å². The van der Waals surface area contributed by atoms with Gasteiger partial charge < -0.3 is 4.42 Å². The zero-order valence-corrected chi connectivity index (χ0v) is 15.9. The molecule has 0 bridgehead atoms. The molecule has 0 saturated carbocycles. The fourth-order valence-corrected chi connectivity index (χ4v) is 4.59. The molecule has 0 N–H and O–H groups in total. The summed E-state index contributed by atoms with van der Waals surface area (Å²) >= 11 is 1.59. The number of aryl methyl sites for hydroxylation is 1. The van der Waals surface area contributed by atoms with Gasteiger partial charge >= 0.3 is 0 Å². The standard InChI is InChI=1S/C21H18N4OS/c1-3-15(14-9-5-4-6-10-14)20-24-25-19(22-23-21(25)27-20)18-13(2)16-11-7-8-12-17(16)26-18/h4-12,15H,3H2,1-2H3. The number of nitrogens with zero attached hydrogens (tertiary/aromatic N) is 4. The van der Waals surface area contributed by atoms with Crippen LogP contribution in [0.2, 0.25) is 0 Å². The van der Waals surface area contributed by atoms with Gasteiger partial charge in [0.15, 0.2) is 5.76 Å². The summed E-state index contributed by atoms with van der Waals surface area (Å²) in [4.78, 5) is 0.786. The summed E-state index contributed by atoms with van der Waals surface area (Å²) in [7, 11) is 0. The van der Waals surface area contributed by atoms with E-state index in [1.54, 1.807) is 11.3 Å². The van der Waals surface area contributed by atoms with Gasteiger partial charge in [0.25, 0.3) is 0 Å². The number of aromatic nitrogens is 4. The number of fused-ring (bicyclic) bond motifs is 2. The highest BCUT2D eigenvalue weighted by molar-refractivity contribution is 7.16. The van der Waals surface area contributed by atoms with E-state index < -0.39 is 0 Å². The van der Waals surface area contributed by atoms with Crippen LogP contribution in [0.3, 0.4) is 0 Å². The molecule has 3 heterocycles. The molecule has 0 fully saturated rings. The van der Waals surface area contributed by atoms with Crippen molar-refractivity contribution in [3.05, 3.63) is 70.7 Å². The van der Waals surface area contributed by atoms with E-state index in [9.17, 15) is 0 Å². The number of para-hydroxylation sites is 1. The zero-order valence-electron chi connectivity index (χ0n) is 15.1. The van der Waals surface area contributed by atoms with E-state index in [0.29, 0.717) is 5.82 Å². The second-order valence-electron chi connectivity index (χ2n) is 6.58. The quantitative estimate of drug-likeness (QED) is 0.420. The van der Waals surface area contributed by atoms with Crippen LogP contribution in [0, 0.1) is 6.92 Å². The van der Waals surface area contributed by atoms with E-state index in [1.807, 2.05) is 35.7 Å². The third kappa shape index (κ3) is 2.56. The highest BCUT2D eigenvalue weighted by Gasteiger charge is 2.23. The maximum atomic E-state index is 6.07. The topological polar surface area (TPSA) is 56.2 Å². The Morgan fingerprint density at radius 1 is 1.04 bits per heavy atom. The minimum absolute atomic E-state index is 0.252. The number of hydrogen-bond acceptors (Lipinski definition) is 5. The molecule has 0 aliphatic rings. The van der Waals surface area contributed by atoms with Gasteiger partial charge in [0.2, 0.25) is 10.8 Å². The summed E-state index contributed by atoms with van der Waals surface area (Å²) in [6.07, 6.45) is 0.979. The van der Waals surface area contributed by atoms with E-state index in [1.165, 1.54) is 5.56 Å². The number of rotatable bonds is 4. The molecule has 3 aromatic heterocycles. The first kappa shape index (κ1) is 16.2. The van der Waals surface area contributed by atoms with Crippen LogP contribution in [0.15, 0.2) is 59.0 Å². The Hall–Kier alpha value is -2.99. The number of hydrogen-bond donors (Lipinski definition) is 0. The maximum Gasteiger partial charge on any atom is 0.235 e. The lowest BCUT2D eigenvalue weighted by molar-refractivity contribution is 0.618. The third-order valence-corrected chi connectivity index (χ3v) is 5.97. The summed E-state index contributed by atoms with van der Waals surface area (Å²) in [5.74, 6) is 1.64. The maximum absolute atomic E-state index is 6.07. The summed E-state index contributed by atoms with van der Waals surface area (Å²) < 4.78 is 7.89. The number of furan rings is 1. The minimum Gasteiger partial charge on any atom is -0.452 e. The van der Waals surface area contributed by atoms with Gasteiger partial charge in [-0.3, -0.25) is 0 Å². The number of benzene rings is 2. The van der Waals surface area contributed by atoms with Crippen LogP contribution in [-0.2, 0) is 0 Å². The molecule has 5 nitrogen and oxygen atoms in total. The highest BCUT2D eigenvalue weighted by Crippen LogP contribution is 2.35. The lowest BCUT2D eigenvalue weighted by Crippen LogP contribution is -2.01. The van der Waals surface area contributed by atoms with E-state index in [2.05, 4.69) is 47.5 Å². The second kappa shape index (κ2) is 6.32. The Morgan fingerprint density at radius 2 is 1.81 bits per heavy atom. The van der Waals surface area contributed by atoms with Gasteiger partial charge in [-0.25, -0.2) is 0 Å². The molecule has 0 spiro atoms. The van der Waals surface area contributed by atoms with Crippen molar-refractivity contribution in [1.82, 2.24) is 19.8 Å². The summed E-state index contributed by atoms with van der Waals surface area (Å²) in [6, 6.07) is 18.5. The molecular formula is C21H18N4OS. The van der Waals surface area contributed by atoms with Crippen molar-refractivity contribution in [3.63, 3.8) is 0 Å². The van der Waals surface area contributed by atoms with Gasteiger partial charge in [-0.05, 0) is 25.0 Å². The van der Waals surface area contributed by atoms with Crippen LogP contribution < -0.4 is 0 Å². The SMILES string of the molecule is CCC(c1ccccc1)c1nn2c(-c3oc4ccccc4c3C)nnc2s1. The van der Waals surface area contributed by atoms with Crippen LogP contribution in [0.25, 0.3) is 27.5 Å². The van der Waals surface area contributed by atoms with Crippen molar-refractivity contribution < 1.29 is 4.42 Å². The molecule has 1 atom stereocenters. The first-order valence-electron chi connectivity index (χ1n) is 9.02. The normalized spacial score (nSPS) is 12.8. The Labute approximate surface area is 160 Å². The highest BCUT2D eigenvalue weighted by atomic mass is 32.1. The molecule has 0 amide bonds. The monoisotopic (exact) mass is 374 g/mol. The van der Waals surface area contributed by atoms with Crippen LogP contribution in [0.4, 0.5) is 0 Å². The molecule has 134 valence electrons. The molecule has 0 saturated heterocycles. The van der Waals surface area contributed by atoms with Crippen molar-refractivity contribution in [1.29, 1.82) is 0 Å². The molecule has 0 aliphatic carbocycles. The Balaban J connectivity index is 1.64. The zero-order chi connectivity index (χ0) is 18.4. The summed E-state index contributed by atoms with van der Waals surface area (Å²) in [5.41, 5.74) is 3.18. The van der Waals surface area contributed by atoms with Gasteiger partial charge in [0.05, 0.1) is 0 Å². The lowest BCUT2D eigenvalue weighted by atomic mass is 9.97. The van der Waals surface area contributed by atoms with E-state index in [4.69, 9.17) is 9.52 Å². The molecule has 5 rings (SSSR count). The van der Waals surface area contributed by atoms with Gasteiger partial charge in [-0.1, -0.05) is 66.8 Å². The molecule has 5 aromatic rings. The average molecular weight is 374 g/mol. The predicted molar refractivity (Wildman–Crippen MR) is 107 cm³/mol. The largest absolute Gasteiger partial charge is 0.452 e. The smallest absolute Gasteiger partial charge is 0.235 e. The Bertz CT molecular complexity index is 1240. The minimum atomic E-state index is 0.252. The molecule has 2 aromatic carbocycles. The second-order valence-corrected chi connectivity index (χ2v) is 7.57. The van der Waals surface area contributed by atoms with Crippen LogP contribution in [0.1, 0.15) is 35.4 Å². The van der Waals surface area contributed by atoms with Gasteiger partial charge in [-0.15, -0.1) is 10.2 Å². The first-order chi connectivity index (χ1) is 13.3. The molecule has 0 aliphatic heterocycles. The molecule has 27 heavy (non-hydrogen) atoms. The fraction of sp³-hybridized carbons (Fsp3) is 0.190. The van der Waals surface area contributed by atoms with Crippen molar-refractivity contribution in [2.45, 2.75) is 26.2 Å². The van der Waals surface area contributed by atoms with Crippen molar-refractivity contribution in [2.24, 2.45) is 0 Å². The van der Waals surface area contributed by atoms with Crippen molar-refractivity contribution in [3.8, 4) is 11.6 Å². The first-order valence-corrected chi connectivity index (χ1v) is 9.83. The van der Waals surface area contributed by atoms with Gasteiger partial charge in [-0.2, -0.15) is 9.61 Å². The molecular weight excluding hydrogens is 356 g/mol. The van der Waals surface area contributed by atoms with Crippen molar-refractivity contribution in [2.75, 3.05) is 0 Å². The van der Waals surface area contributed by atoms with Crippen LogP contribution in [0.5, 0.6) is 0 Å². The fourth-order valence-electron chi connectivity index (χ4n) is 3.54. The van der Waals surface area contributed by atoms with Gasteiger partial charge in [0, 0.05) is 16.9 Å². The predicted octanol–water partition coefficient (Wildman–Crippen LogP) is 5.45. The Morgan fingerprint density at radius 3 is 2.59 bits per heavy atom. The van der Waals surface area contributed by atoms with Gasteiger partial charge in [0.1, 0.15) is 10.6 Å². The molecule has 1 unspecified atom stereocenters. The molecule has 6 heteroatoms. The summed E-state index contributed by atoms with van der Waals surface area (Å²) in [5, 5.41) is 15.7. The average Bonchev–Trinajstić information content (AvgIpc) is 3.37. The summed E-state index contributed by atoms with van der Waals surface area (Å²) in [6.45, 7) is 4.23. The van der Waals surface area contributed by atoms with E-state index in [0.717, 1.165) is 38.7 Å². The Kier molecular flexibility index (Phi) is 3.79. The van der Waals surface area contributed by atoms with Crippen LogP contribution in [-0.4, -0.2) is 19.8 Å². The van der Waals surface area contributed by atoms with E-state index in [-0.39, 0.29) is 5.92 Å². The lowest BCUT2D eigenvalue weighted by Gasteiger charge is -2.11. The molecule has 0 radical (unpaired) electrons.